The lowest BCUT2D eigenvalue weighted by Gasteiger charge is -2.29. The van der Waals surface area contributed by atoms with Crippen molar-refractivity contribution < 1.29 is 4.74 Å². The van der Waals surface area contributed by atoms with Gasteiger partial charge in [0.2, 0.25) is 0 Å². The number of hydrogen-bond donors (Lipinski definition) is 1. The van der Waals surface area contributed by atoms with E-state index in [1.165, 1.54) is 41.3 Å². The normalized spacial score (nSPS) is 31.2. The second kappa shape index (κ2) is 5.58. The molecule has 0 saturated heterocycles. The first-order valence-corrected chi connectivity index (χ1v) is 9.17. The molecule has 2 bridgehead atoms. The molecule has 3 heteroatoms. The van der Waals surface area contributed by atoms with E-state index in [0.717, 1.165) is 43.1 Å². The van der Waals surface area contributed by atoms with E-state index in [1.807, 2.05) is 0 Å². The molecule has 114 valence electrons. The minimum absolute atomic E-state index is 0.622. The average molecular weight is 350 g/mol. The van der Waals surface area contributed by atoms with Gasteiger partial charge in [-0.25, -0.2) is 0 Å². The fourth-order valence-corrected chi connectivity index (χ4v) is 5.36. The van der Waals surface area contributed by atoms with Crippen molar-refractivity contribution in [1.29, 1.82) is 0 Å². The van der Waals surface area contributed by atoms with Crippen molar-refractivity contribution in [1.82, 2.24) is 5.32 Å². The highest BCUT2D eigenvalue weighted by Crippen LogP contribution is 2.49. The summed E-state index contributed by atoms with van der Waals surface area (Å²) in [7, 11) is 0. The lowest BCUT2D eigenvalue weighted by atomic mass is 9.84. The molecule has 2 aliphatic carbocycles. The summed E-state index contributed by atoms with van der Waals surface area (Å²) in [6, 6.07) is 5.03. The van der Waals surface area contributed by atoms with Crippen molar-refractivity contribution in [3.8, 4) is 5.75 Å². The van der Waals surface area contributed by atoms with Crippen LogP contribution in [0.25, 0.3) is 0 Å². The van der Waals surface area contributed by atoms with Gasteiger partial charge in [-0.2, -0.15) is 0 Å². The van der Waals surface area contributed by atoms with Crippen LogP contribution in [-0.4, -0.2) is 12.6 Å². The second-order valence-electron chi connectivity index (χ2n) is 7.16. The van der Waals surface area contributed by atoms with E-state index in [2.05, 4.69) is 40.3 Å². The van der Waals surface area contributed by atoms with Crippen LogP contribution in [0.1, 0.15) is 43.7 Å². The van der Waals surface area contributed by atoms with Crippen LogP contribution in [0.2, 0.25) is 0 Å². The summed E-state index contributed by atoms with van der Waals surface area (Å²) >= 11 is 3.63. The highest BCUT2D eigenvalue weighted by atomic mass is 79.9. The second-order valence-corrected chi connectivity index (χ2v) is 8.08. The quantitative estimate of drug-likeness (QED) is 0.874. The number of rotatable bonds is 4. The monoisotopic (exact) mass is 349 g/mol. The number of benzene rings is 1. The van der Waals surface area contributed by atoms with Crippen LogP contribution in [0, 0.1) is 17.8 Å². The zero-order valence-electron chi connectivity index (χ0n) is 12.7. The van der Waals surface area contributed by atoms with Gasteiger partial charge >= 0.3 is 0 Å². The SMILES string of the molecule is CC(NCc1cc(Br)cc2c1OCC2)C1CC2CCC1C2. The Balaban J connectivity index is 1.43. The molecule has 1 aromatic rings. The maximum absolute atomic E-state index is 5.83. The molecule has 1 N–H and O–H groups in total. The minimum atomic E-state index is 0.622. The first kappa shape index (κ1) is 14.1. The zero-order chi connectivity index (χ0) is 14.4. The van der Waals surface area contributed by atoms with E-state index in [4.69, 9.17) is 4.74 Å². The van der Waals surface area contributed by atoms with Crippen molar-refractivity contribution >= 4 is 15.9 Å². The third kappa shape index (κ3) is 2.63. The van der Waals surface area contributed by atoms with Crippen LogP contribution in [0.5, 0.6) is 5.75 Å². The molecule has 0 aromatic heterocycles. The highest BCUT2D eigenvalue weighted by Gasteiger charge is 2.41. The Morgan fingerprint density at radius 2 is 2.24 bits per heavy atom. The average Bonchev–Trinajstić information content (AvgIpc) is 3.19. The molecule has 1 aliphatic heterocycles. The Kier molecular flexibility index (Phi) is 3.74. The summed E-state index contributed by atoms with van der Waals surface area (Å²) in [5, 5.41) is 3.78. The fraction of sp³-hybridized carbons (Fsp3) is 0.667. The first-order chi connectivity index (χ1) is 10.2. The maximum Gasteiger partial charge on any atom is 0.127 e. The van der Waals surface area contributed by atoms with Crippen molar-refractivity contribution in [3.63, 3.8) is 0 Å². The van der Waals surface area contributed by atoms with Gasteiger partial charge in [0, 0.05) is 29.0 Å². The predicted molar refractivity (Wildman–Crippen MR) is 88.6 cm³/mol. The summed E-state index contributed by atoms with van der Waals surface area (Å²) < 4.78 is 7.01. The fourth-order valence-electron chi connectivity index (χ4n) is 4.81. The van der Waals surface area contributed by atoms with Crippen molar-refractivity contribution in [2.45, 2.75) is 51.6 Å². The number of ether oxygens (including phenoxy) is 1. The molecule has 0 spiro atoms. The van der Waals surface area contributed by atoms with E-state index in [9.17, 15) is 0 Å². The van der Waals surface area contributed by atoms with Crippen LogP contribution in [0.15, 0.2) is 16.6 Å². The van der Waals surface area contributed by atoms with Gasteiger partial charge in [0.05, 0.1) is 6.61 Å². The van der Waals surface area contributed by atoms with E-state index >= 15 is 0 Å². The Morgan fingerprint density at radius 1 is 1.33 bits per heavy atom. The molecule has 21 heavy (non-hydrogen) atoms. The first-order valence-electron chi connectivity index (χ1n) is 8.38. The van der Waals surface area contributed by atoms with Crippen LogP contribution >= 0.6 is 15.9 Å². The molecule has 0 amide bonds. The summed E-state index contributed by atoms with van der Waals surface area (Å²) in [5.41, 5.74) is 2.67. The molecule has 3 aliphatic rings. The molecule has 4 atom stereocenters. The standard InChI is InChI=1S/C18H24BrNO/c1-11(17-7-12-2-3-13(17)6-12)20-10-15-9-16(19)8-14-4-5-21-18(14)15/h8-9,11-13,17,20H,2-7,10H2,1H3. The summed E-state index contributed by atoms with van der Waals surface area (Å²) in [6.07, 6.45) is 6.94. The number of halogens is 1. The maximum atomic E-state index is 5.83. The Morgan fingerprint density at radius 3 is 3.00 bits per heavy atom. The summed E-state index contributed by atoms with van der Waals surface area (Å²) in [5.74, 6) is 4.04. The molecular formula is C18H24BrNO. The van der Waals surface area contributed by atoms with Gasteiger partial charge in [-0.3, -0.25) is 0 Å². The van der Waals surface area contributed by atoms with Crippen LogP contribution in [-0.2, 0) is 13.0 Å². The highest BCUT2D eigenvalue weighted by molar-refractivity contribution is 9.10. The van der Waals surface area contributed by atoms with Crippen LogP contribution in [0.4, 0.5) is 0 Å². The minimum Gasteiger partial charge on any atom is -0.493 e. The Hall–Kier alpha value is -0.540. The van der Waals surface area contributed by atoms with Gasteiger partial charge in [0.25, 0.3) is 0 Å². The zero-order valence-corrected chi connectivity index (χ0v) is 14.3. The molecule has 4 unspecified atom stereocenters. The summed E-state index contributed by atoms with van der Waals surface area (Å²) in [4.78, 5) is 0. The van der Waals surface area contributed by atoms with Crippen LogP contribution < -0.4 is 10.1 Å². The predicted octanol–water partition coefficient (Wildman–Crippen LogP) is 4.30. The van der Waals surface area contributed by atoms with Gasteiger partial charge in [0.1, 0.15) is 5.75 Å². The number of hydrogen-bond acceptors (Lipinski definition) is 2. The molecular weight excluding hydrogens is 326 g/mol. The topological polar surface area (TPSA) is 21.3 Å². The lowest BCUT2D eigenvalue weighted by Crippen LogP contribution is -2.35. The molecule has 2 fully saturated rings. The van der Waals surface area contributed by atoms with E-state index in [1.54, 1.807) is 0 Å². The summed E-state index contributed by atoms with van der Waals surface area (Å²) in [6.45, 7) is 4.14. The largest absolute Gasteiger partial charge is 0.493 e. The lowest BCUT2D eigenvalue weighted by molar-refractivity contribution is 0.258. The molecule has 0 radical (unpaired) electrons. The van der Waals surface area contributed by atoms with Crippen molar-refractivity contribution in [3.05, 3.63) is 27.7 Å². The molecule has 1 heterocycles. The smallest absolute Gasteiger partial charge is 0.127 e. The van der Waals surface area contributed by atoms with E-state index in [0.29, 0.717) is 6.04 Å². The van der Waals surface area contributed by atoms with E-state index < -0.39 is 0 Å². The van der Waals surface area contributed by atoms with Crippen molar-refractivity contribution in [2.24, 2.45) is 17.8 Å². The van der Waals surface area contributed by atoms with Gasteiger partial charge in [0.15, 0.2) is 0 Å². The van der Waals surface area contributed by atoms with Gasteiger partial charge in [-0.1, -0.05) is 22.4 Å². The molecule has 2 nitrogen and oxygen atoms in total. The van der Waals surface area contributed by atoms with E-state index in [-0.39, 0.29) is 0 Å². The third-order valence-electron chi connectivity index (χ3n) is 5.87. The number of fused-ring (bicyclic) bond motifs is 3. The van der Waals surface area contributed by atoms with Crippen molar-refractivity contribution in [2.75, 3.05) is 6.61 Å². The Labute approximate surface area is 135 Å². The molecule has 4 rings (SSSR count). The number of nitrogens with one attached hydrogen (secondary N) is 1. The molecule has 2 saturated carbocycles. The molecule has 1 aromatic carbocycles. The van der Waals surface area contributed by atoms with Gasteiger partial charge in [-0.05, 0) is 61.6 Å². The van der Waals surface area contributed by atoms with Gasteiger partial charge in [-0.15, -0.1) is 0 Å². The van der Waals surface area contributed by atoms with Crippen LogP contribution in [0.3, 0.4) is 0 Å². The Bertz CT molecular complexity index is 544. The van der Waals surface area contributed by atoms with Gasteiger partial charge < -0.3 is 10.1 Å². The third-order valence-corrected chi connectivity index (χ3v) is 6.33.